The van der Waals surface area contributed by atoms with Crippen molar-refractivity contribution in [1.82, 2.24) is 10.2 Å². The van der Waals surface area contributed by atoms with E-state index in [1.807, 2.05) is 0 Å². The molecule has 3 fully saturated rings. The summed E-state index contributed by atoms with van der Waals surface area (Å²) in [5, 5.41) is 3.85. The Kier molecular flexibility index (Phi) is 4.63. The number of ether oxygens (including phenoxy) is 1. The molecule has 2 aliphatic carbocycles. The van der Waals surface area contributed by atoms with Gasteiger partial charge in [-0.1, -0.05) is 19.8 Å². The van der Waals surface area contributed by atoms with Crippen molar-refractivity contribution in [2.24, 2.45) is 11.3 Å². The molecule has 1 aliphatic heterocycles. The fourth-order valence-electron chi connectivity index (χ4n) is 4.37. The van der Waals surface area contributed by atoms with Crippen LogP contribution in [0.25, 0.3) is 0 Å². The lowest BCUT2D eigenvalue weighted by Gasteiger charge is -2.50. The lowest BCUT2D eigenvalue weighted by atomic mass is 9.69. The van der Waals surface area contributed by atoms with Gasteiger partial charge in [-0.05, 0) is 50.9 Å². The van der Waals surface area contributed by atoms with E-state index in [4.69, 9.17) is 4.74 Å². The van der Waals surface area contributed by atoms with Crippen molar-refractivity contribution < 1.29 is 4.74 Å². The molecule has 0 aromatic carbocycles. The van der Waals surface area contributed by atoms with E-state index in [9.17, 15) is 0 Å². The van der Waals surface area contributed by atoms with E-state index in [0.717, 1.165) is 31.7 Å². The van der Waals surface area contributed by atoms with E-state index in [-0.39, 0.29) is 5.54 Å². The highest BCUT2D eigenvalue weighted by atomic mass is 16.5. The summed E-state index contributed by atoms with van der Waals surface area (Å²) in [7, 11) is 0. The second kappa shape index (κ2) is 6.17. The first-order valence-corrected chi connectivity index (χ1v) is 9.05. The molecule has 3 heteroatoms. The van der Waals surface area contributed by atoms with Crippen LogP contribution in [-0.2, 0) is 4.74 Å². The van der Waals surface area contributed by atoms with Crippen LogP contribution < -0.4 is 5.32 Å². The molecule has 1 heterocycles. The molecular formula is C18H34N2O. The SMILES string of the molecule is CC1CCCC(CNC2CC2)(CN2CCOCC2(C)C)C1. The Hall–Kier alpha value is -0.120. The average Bonchev–Trinajstić information content (AvgIpc) is 3.23. The summed E-state index contributed by atoms with van der Waals surface area (Å²) in [6, 6.07) is 0.830. The molecule has 3 rings (SSSR count). The molecule has 21 heavy (non-hydrogen) atoms. The Balaban J connectivity index is 1.67. The van der Waals surface area contributed by atoms with Gasteiger partial charge in [0, 0.05) is 31.2 Å². The maximum atomic E-state index is 5.71. The minimum Gasteiger partial charge on any atom is -0.378 e. The minimum absolute atomic E-state index is 0.200. The first-order valence-electron chi connectivity index (χ1n) is 9.05. The normalized spacial score (nSPS) is 37.6. The second-order valence-corrected chi connectivity index (χ2v) is 8.64. The zero-order chi connectivity index (χ0) is 14.9. The van der Waals surface area contributed by atoms with Crippen LogP contribution in [0.15, 0.2) is 0 Å². The summed E-state index contributed by atoms with van der Waals surface area (Å²) < 4.78 is 5.71. The molecule has 0 spiro atoms. The summed E-state index contributed by atoms with van der Waals surface area (Å²) in [5.74, 6) is 0.893. The van der Waals surface area contributed by atoms with Gasteiger partial charge in [0.15, 0.2) is 0 Å². The highest BCUT2D eigenvalue weighted by Crippen LogP contribution is 2.41. The van der Waals surface area contributed by atoms with E-state index < -0.39 is 0 Å². The number of nitrogens with zero attached hydrogens (tertiary/aromatic N) is 1. The van der Waals surface area contributed by atoms with Gasteiger partial charge in [-0.3, -0.25) is 4.90 Å². The molecule has 2 unspecified atom stereocenters. The number of hydrogen-bond acceptors (Lipinski definition) is 3. The molecule has 3 aliphatic rings. The van der Waals surface area contributed by atoms with Gasteiger partial charge < -0.3 is 10.1 Å². The molecule has 0 radical (unpaired) electrons. The van der Waals surface area contributed by atoms with Crippen LogP contribution in [0.1, 0.15) is 59.3 Å². The highest BCUT2D eigenvalue weighted by Gasteiger charge is 2.41. The van der Waals surface area contributed by atoms with Crippen LogP contribution in [0, 0.1) is 11.3 Å². The largest absolute Gasteiger partial charge is 0.378 e. The summed E-state index contributed by atoms with van der Waals surface area (Å²) in [6.45, 7) is 12.5. The van der Waals surface area contributed by atoms with E-state index in [2.05, 4.69) is 31.0 Å². The molecule has 0 bridgehead atoms. The number of hydrogen-bond donors (Lipinski definition) is 1. The Morgan fingerprint density at radius 2 is 2.05 bits per heavy atom. The van der Waals surface area contributed by atoms with Gasteiger partial charge >= 0.3 is 0 Å². The van der Waals surface area contributed by atoms with E-state index >= 15 is 0 Å². The predicted molar refractivity (Wildman–Crippen MR) is 87.6 cm³/mol. The third-order valence-electron chi connectivity index (χ3n) is 5.87. The maximum Gasteiger partial charge on any atom is 0.0645 e. The lowest BCUT2D eigenvalue weighted by molar-refractivity contribution is -0.0751. The van der Waals surface area contributed by atoms with Crippen LogP contribution in [-0.4, -0.2) is 49.3 Å². The van der Waals surface area contributed by atoms with Crippen molar-refractivity contribution in [1.29, 1.82) is 0 Å². The van der Waals surface area contributed by atoms with Crippen molar-refractivity contribution in [2.45, 2.75) is 70.9 Å². The molecule has 3 nitrogen and oxygen atoms in total. The van der Waals surface area contributed by atoms with Crippen molar-refractivity contribution in [3.05, 3.63) is 0 Å². The Bertz CT molecular complexity index is 353. The minimum atomic E-state index is 0.200. The molecule has 2 saturated carbocycles. The Morgan fingerprint density at radius 3 is 2.71 bits per heavy atom. The third kappa shape index (κ3) is 4.00. The van der Waals surface area contributed by atoms with Crippen LogP contribution in [0.3, 0.4) is 0 Å². The predicted octanol–water partition coefficient (Wildman–Crippen LogP) is 3.05. The summed E-state index contributed by atoms with van der Waals surface area (Å²) in [4.78, 5) is 2.71. The second-order valence-electron chi connectivity index (χ2n) is 8.64. The van der Waals surface area contributed by atoms with Gasteiger partial charge in [0.1, 0.15) is 0 Å². The van der Waals surface area contributed by atoms with E-state index in [1.165, 1.54) is 51.6 Å². The van der Waals surface area contributed by atoms with Gasteiger partial charge in [0.05, 0.1) is 13.2 Å². The van der Waals surface area contributed by atoms with Crippen LogP contribution in [0.4, 0.5) is 0 Å². The van der Waals surface area contributed by atoms with Gasteiger partial charge in [-0.2, -0.15) is 0 Å². The highest BCUT2D eigenvalue weighted by molar-refractivity contribution is 4.96. The third-order valence-corrected chi connectivity index (χ3v) is 5.87. The lowest BCUT2D eigenvalue weighted by Crippen LogP contribution is -2.58. The molecule has 0 aromatic heterocycles. The van der Waals surface area contributed by atoms with Crippen molar-refractivity contribution >= 4 is 0 Å². The standard InChI is InChI=1S/C18H34N2O/c1-15-5-4-8-18(11-15,12-19-16-6-7-16)13-20-9-10-21-14-17(20,2)3/h15-16,19H,4-14H2,1-3H3. The zero-order valence-electron chi connectivity index (χ0n) is 14.3. The zero-order valence-corrected chi connectivity index (χ0v) is 14.3. The van der Waals surface area contributed by atoms with Crippen LogP contribution in [0.2, 0.25) is 0 Å². The average molecular weight is 294 g/mol. The van der Waals surface area contributed by atoms with Crippen LogP contribution in [0.5, 0.6) is 0 Å². The maximum absolute atomic E-state index is 5.71. The van der Waals surface area contributed by atoms with E-state index in [0.29, 0.717) is 5.41 Å². The van der Waals surface area contributed by atoms with Gasteiger partial charge in [-0.25, -0.2) is 0 Å². The van der Waals surface area contributed by atoms with Gasteiger partial charge in [0.2, 0.25) is 0 Å². The van der Waals surface area contributed by atoms with E-state index in [1.54, 1.807) is 0 Å². The fraction of sp³-hybridized carbons (Fsp3) is 1.00. The Morgan fingerprint density at radius 1 is 1.24 bits per heavy atom. The molecule has 0 amide bonds. The first kappa shape index (κ1) is 15.8. The number of rotatable bonds is 5. The topological polar surface area (TPSA) is 24.5 Å². The van der Waals surface area contributed by atoms with Crippen molar-refractivity contribution in [3.8, 4) is 0 Å². The Labute approximate surface area is 130 Å². The summed E-state index contributed by atoms with van der Waals surface area (Å²) >= 11 is 0. The molecule has 0 aromatic rings. The molecule has 1 saturated heterocycles. The quantitative estimate of drug-likeness (QED) is 0.843. The van der Waals surface area contributed by atoms with Crippen LogP contribution >= 0.6 is 0 Å². The number of nitrogens with one attached hydrogen (secondary N) is 1. The smallest absolute Gasteiger partial charge is 0.0645 e. The first-order chi connectivity index (χ1) is 9.99. The fourth-order valence-corrected chi connectivity index (χ4v) is 4.37. The molecular weight excluding hydrogens is 260 g/mol. The van der Waals surface area contributed by atoms with Gasteiger partial charge in [-0.15, -0.1) is 0 Å². The number of morpholine rings is 1. The molecule has 1 N–H and O–H groups in total. The molecule has 2 atom stereocenters. The summed E-state index contributed by atoms with van der Waals surface area (Å²) in [5.41, 5.74) is 0.695. The molecule has 122 valence electrons. The van der Waals surface area contributed by atoms with Crippen molar-refractivity contribution in [3.63, 3.8) is 0 Å². The van der Waals surface area contributed by atoms with Crippen molar-refractivity contribution in [2.75, 3.05) is 32.8 Å². The summed E-state index contributed by atoms with van der Waals surface area (Å²) in [6.07, 6.45) is 8.45. The van der Waals surface area contributed by atoms with Gasteiger partial charge in [0.25, 0.3) is 0 Å². The monoisotopic (exact) mass is 294 g/mol.